The third kappa shape index (κ3) is 4.73. The monoisotopic (exact) mass is 305 g/mol. The van der Waals surface area contributed by atoms with Gasteiger partial charge in [-0.15, -0.1) is 0 Å². The molecule has 0 fully saturated rings. The van der Waals surface area contributed by atoms with Crippen molar-refractivity contribution >= 4 is 23.3 Å². The molecule has 1 heterocycles. The van der Waals surface area contributed by atoms with Gasteiger partial charge in [0.05, 0.1) is 6.61 Å². The molecule has 2 N–H and O–H groups in total. The Bertz CT molecular complexity index is 592. The number of hydrogen-bond donors (Lipinski definition) is 2. The van der Waals surface area contributed by atoms with Crippen LogP contribution in [-0.4, -0.2) is 34.2 Å². The van der Waals surface area contributed by atoms with E-state index in [1.807, 2.05) is 6.07 Å². The minimum absolute atomic E-state index is 0.108. The third-order valence-corrected chi connectivity index (χ3v) is 3.06. The lowest BCUT2D eigenvalue weighted by Crippen LogP contribution is -2.36. The van der Waals surface area contributed by atoms with Gasteiger partial charge in [0.25, 0.3) is 0 Å². The lowest BCUT2D eigenvalue weighted by molar-refractivity contribution is 0.185. The number of anilines is 1. The normalized spacial score (nSPS) is 10.2. The predicted molar refractivity (Wildman–Crippen MR) is 82.2 cm³/mol. The largest absolute Gasteiger partial charge is 0.395 e. The van der Waals surface area contributed by atoms with Gasteiger partial charge < -0.3 is 15.3 Å². The van der Waals surface area contributed by atoms with E-state index in [-0.39, 0.29) is 19.2 Å². The smallest absolute Gasteiger partial charge is 0.322 e. The molecule has 0 saturated heterocycles. The van der Waals surface area contributed by atoms with Gasteiger partial charge in [-0.05, 0) is 29.8 Å². The average molecular weight is 306 g/mol. The molecule has 1 aromatic heterocycles. The Balaban J connectivity index is 2.05. The van der Waals surface area contributed by atoms with E-state index in [2.05, 4.69) is 10.3 Å². The van der Waals surface area contributed by atoms with Crippen LogP contribution in [0.4, 0.5) is 10.5 Å². The van der Waals surface area contributed by atoms with E-state index in [0.29, 0.717) is 17.3 Å². The van der Waals surface area contributed by atoms with Crippen LogP contribution in [0.5, 0.6) is 0 Å². The molecule has 5 nitrogen and oxygen atoms in total. The molecular formula is C15H16ClN3O2. The molecule has 21 heavy (non-hydrogen) atoms. The highest BCUT2D eigenvalue weighted by molar-refractivity contribution is 6.30. The van der Waals surface area contributed by atoms with Crippen LogP contribution >= 0.6 is 11.6 Å². The number of rotatable bonds is 5. The number of halogens is 1. The molecule has 0 aliphatic rings. The Kier molecular flexibility index (Phi) is 5.54. The van der Waals surface area contributed by atoms with Crippen LogP contribution in [0.25, 0.3) is 0 Å². The maximum atomic E-state index is 12.3. The second-order valence-corrected chi connectivity index (χ2v) is 4.88. The standard InChI is InChI=1S/C15H16ClN3O2/c16-13-4-1-5-14(9-13)18-15(21)19(7-8-20)11-12-3-2-6-17-10-12/h1-6,9-10,20H,7-8,11H2,(H,18,21). The molecule has 0 atom stereocenters. The first-order chi connectivity index (χ1) is 10.2. The zero-order valence-corrected chi connectivity index (χ0v) is 12.1. The Morgan fingerprint density at radius 3 is 2.86 bits per heavy atom. The van der Waals surface area contributed by atoms with E-state index < -0.39 is 0 Å². The van der Waals surface area contributed by atoms with Crippen LogP contribution in [0.3, 0.4) is 0 Å². The molecular weight excluding hydrogens is 290 g/mol. The van der Waals surface area contributed by atoms with Crippen LogP contribution in [0.1, 0.15) is 5.56 Å². The third-order valence-electron chi connectivity index (χ3n) is 2.83. The molecule has 0 bridgehead atoms. The number of aliphatic hydroxyl groups is 1. The number of nitrogens with zero attached hydrogens (tertiary/aromatic N) is 2. The van der Waals surface area contributed by atoms with Gasteiger partial charge in [0.1, 0.15) is 0 Å². The summed E-state index contributed by atoms with van der Waals surface area (Å²) in [7, 11) is 0. The van der Waals surface area contributed by atoms with E-state index >= 15 is 0 Å². The number of benzene rings is 1. The lowest BCUT2D eigenvalue weighted by atomic mass is 10.2. The Hall–Kier alpha value is -2.11. The number of amides is 2. The molecule has 2 rings (SSSR count). The average Bonchev–Trinajstić information content (AvgIpc) is 2.48. The van der Waals surface area contributed by atoms with E-state index in [1.165, 1.54) is 4.90 Å². The van der Waals surface area contributed by atoms with Gasteiger partial charge in [0.2, 0.25) is 0 Å². The van der Waals surface area contributed by atoms with E-state index in [0.717, 1.165) is 5.56 Å². The Morgan fingerprint density at radius 1 is 1.33 bits per heavy atom. The summed E-state index contributed by atoms with van der Waals surface area (Å²) in [6, 6.07) is 10.3. The van der Waals surface area contributed by atoms with Gasteiger partial charge in [-0.25, -0.2) is 4.79 Å². The molecule has 110 valence electrons. The first-order valence-corrected chi connectivity index (χ1v) is 6.88. The summed E-state index contributed by atoms with van der Waals surface area (Å²) in [5.41, 5.74) is 1.51. The van der Waals surface area contributed by atoms with Crippen molar-refractivity contribution in [3.63, 3.8) is 0 Å². The number of carbonyl (C=O) groups is 1. The fraction of sp³-hybridized carbons (Fsp3) is 0.200. The highest BCUT2D eigenvalue weighted by atomic mass is 35.5. The molecule has 0 spiro atoms. The molecule has 0 aliphatic carbocycles. The topological polar surface area (TPSA) is 65.5 Å². The van der Waals surface area contributed by atoms with Crippen molar-refractivity contribution in [2.24, 2.45) is 0 Å². The fourth-order valence-corrected chi connectivity index (χ4v) is 2.04. The van der Waals surface area contributed by atoms with Crippen molar-refractivity contribution in [3.8, 4) is 0 Å². The molecule has 2 aromatic rings. The van der Waals surface area contributed by atoms with Crippen molar-refractivity contribution in [2.45, 2.75) is 6.54 Å². The molecule has 1 aromatic carbocycles. The van der Waals surface area contributed by atoms with Crippen LogP contribution in [-0.2, 0) is 6.54 Å². The van der Waals surface area contributed by atoms with Gasteiger partial charge >= 0.3 is 6.03 Å². The summed E-state index contributed by atoms with van der Waals surface area (Å²) >= 11 is 5.89. The zero-order chi connectivity index (χ0) is 15.1. The van der Waals surface area contributed by atoms with Gasteiger partial charge in [0.15, 0.2) is 0 Å². The van der Waals surface area contributed by atoms with Crippen molar-refractivity contribution < 1.29 is 9.90 Å². The van der Waals surface area contributed by atoms with E-state index in [4.69, 9.17) is 16.7 Å². The summed E-state index contributed by atoms with van der Waals surface area (Å²) in [6.45, 7) is 0.505. The fourth-order valence-electron chi connectivity index (χ4n) is 1.85. The molecule has 6 heteroatoms. The lowest BCUT2D eigenvalue weighted by Gasteiger charge is -2.22. The SMILES string of the molecule is O=C(Nc1cccc(Cl)c1)N(CCO)Cc1cccnc1. The minimum Gasteiger partial charge on any atom is -0.395 e. The summed E-state index contributed by atoms with van der Waals surface area (Å²) in [6.07, 6.45) is 3.36. The maximum absolute atomic E-state index is 12.3. The summed E-state index contributed by atoms with van der Waals surface area (Å²) in [5.74, 6) is 0. The second-order valence-electron chi connectivity index (χ2n) is 4.45. The quantitative estimate of drug-likeness (QED) is 0.892. The molecule has 0 radical (unpaired) electrons. The van der Waals surface area contributed by atoms with Gasteiger partial charge in [-0.1, -0.05) is 23.7 Å². The van der Waals surface area contributed by atoms with Crippen LogP contribution < -0.4 is 5.32 Å². The predicted octanol–water partition coefficient (Wildman–Crippen LogP) is 2.76. The number of carbonyl (C=O) groups excluding carboxylic acids is 1. The van der Waals surface area contributed by atoms with Crippen molar-refractivity contribution in [3.05, 3.63) is 59.4 Å². The molecule has 2 amide bonds. The number of urea groups is 1. The zero-order valence-electron chi connectivity index (χ0n) is 11.4. The van der Waals surface area contributed by atoms with Gasteiger partial charge in [-0.2, -0.15) is 0 Å². The summed E-state index contributed by atoms with van der Waals surface area (Å²) in [4.78, 5) is 17.8. The summed E-state index contributed by atoms with van der Waals surface area (Å²) in [5, 5.41) is 12.4. The maximum Gasteiger partial charge on any atom is 0.322 e. The van der Waals surface area contributed by atoms with E-state index in [1.54, 1.807) is 42.7 Å². The number of hydrogen-bond acceptors (Lipinski definition) is 3. The second kappa shape index (κ2) is 7.61. The minimum atomic E-state index is -0.296. The number of nitrogens with one attached hydrogen (secondary N) is 1. The van der Waals surface area contributed by atoms with Crippen LogP contribution in [0, 0.1) is 0 Å². The van der Waals surface area contributed by atoms with Crippen LogP contribution in [0.15, 0.2) is 48.8 Å². The highest BCUT2D eigenvalue weighted by Crippen LogP contribution is 2.15. The molecule has 0 unspecified atom stereocenters. The van der Waals surface area contributed by atoms with Crippen molar-refractivity contribution in [1.82, 2.24) is 9.88 Å². The Labute approximate surface area is 128 Å². The number of aliphatic hydroxyl groups excluding tert-OH is 1. The first-order valence-electron chi connectivity index (χ1n) is 6.50. The number of pyridine rings is 1. The summed E-state index contributed by atoms with van der Waals surface area (Å²) < 4.78 is 0. The Morgan fingerprint density at radius 2 is 2.19 bits per heavy atom. The van der Waals surface area contributed by atoms with E-state index in [9.17, 15) is 4.79 Å². The first kappa shape index (κ1) is 15.3. The molecule has 0 aliphatic heterocycles. The van der Waals surface area contributed by atoms with Crippen molar-refractivity contribution in [2.75, 3.05) is 18.5 Å². The van der Waals surface area contributed by atoms with Gasteiger partial charge in [0, 0.05) is 36.2 Å². The number of aromatic nitrogens is 1. The van der Waals surface area contributed by atoms with Gasteiger partial charge in [-0.3, -0.25) is 4.98 Å². The molecule has 0 saturated carbocycles. The van der Waals surface area contributed by atoms with Crippen LogP contribution in [0.2, 0.25) is 5.02 Å². The van der Waals surface area contributed by atoms with Crippen molar-refractivity contribution in [1.29, 1.82) is 0 Å². The highest BCUT2D eigenvalue weighted by Gasteiger charge is 2.13.